The van der Waals surface area contributed by atoms with Gasteiger partial charge in [-0.15, -0.1) is 0 Å². The highest BCUT2D eigenvalue weighted by molar-refractivity contribution is 7.18. The van der Waals surface area contributed by atoms with Crippen LogP contribution in [0.5, 0.6) is 0 Å². The van der Waals surface area contributed by atoms with Gasteiger partial charge in [0.2, 0.25) is 5.91 Å². The summed E-state index contributed by atoms with van der Waals surface area (Å²) in [5, 5.41) is 11.6. The van der Waals surface area contributed by atoms with Crippen molar-refractivity contribution in [3.63, 3.8) is 0 Å². The fourth-order valence-corrected chi connectivity index (χ4v) is 4.67. The molecule has 0 radical (unpaired) electrons. The highest BCUT2D eigenvalue weighted by Gasteiger charge is 2.44. The van der Waals surface area contributed by atoms with Crippen molar-refractivity contribution in [2.24, 2.45) is 11.8 Å². The monoisotopic (exact) mass is 444 g/mol. The van der Waals surface area contributed by atoms with E-state index in [0.29, 0.717) is 44.5 Å². The molecule has 1 amide bonds. The van der Waals surface area contributed by atoms with Crippen LogP contribution in [0.15, 0.2) is 12.0 Å². The highest BCUT2D eigenvalue weighted by Crippen LogP contribution is 2.41. The van der Waals surface area contributed by atoms with Gasteiger partial charge in [-0.3, -0.25) is 4.79 Å². The Morgan fingerprint density at radius 2 is 1.97 bits per heavy atom. The van der Waals surface area contributed by atoms with Crippen molar-refractivity contribution in [1.29, 1.82) is 0 Å². The number of hydrogen-bond donors (Lipinski definition) is 2. The lowest BCUT2D eigenvalue weighted by Crippen LogP contribution is -2.54. The van der Waals surface area contributed by atoms with Crippen LogP contribution in [0.4, 0.5) is 4.39 Å². The third-order valence-electron chi connectivity index (χ3n) is 5.78. The van der Waals surface area contributed by atoms with E-state index in [2.05, 4.69) is 14.6 Å². The second kappa shape index (κ2) is 9.84. The molecule has 3 unspecified atom stereocenters. The Morgan fingerprint density at radius 1 is 1.37 bits per heavy atom. The smallest absolute Gasteiger partial charge is 0.326 e. The molecule has 2 rings (SSSR count). The number of alkyl halides is 1. The molecule has 0 aromatic carbocycles. The normalized spacial score (nSPS) is 31.4. The maximum absolute atomic E-state index is 14.4. The van der Waals surface area contributed by atoms with E-state index in [1.54, 1.807) is 0 Å². The van der Waals surface area contributed by atoms with Crippen LogP contribution in [0.2, 0.25) is 0 Å². The van der Waals surface area contributed by atoms with Gasteiger partial charge < -0.3 is 20.1 Å². The minimum absolute atomic E-state index is 0.0869. The summed E-state index contributed by atoms with van der Waals surface area (Å²) in [5.74, 6) is -0.643. The third-order valence-corrected chi connectivity index (χ3v) is 6.36. The van der Waals surface area contributed by atoms with Crippen molar-refractivity contribution in [2.45, 2.75) is 96.2 Å². The summed E-state index contributed by atoms with van der Waals surface area (Å²) in [6, 6.07) is -1.46. The van der Waals surface area contributed by atoms with Crippen LogP contribution in [-0.4, -0.2) is 51.5 Å². The summed E-state index contributed by atoms with van der Waals surface area (Å²) in [5.41, 5.74) is -0.450. The average Bonchev–Trinajstić information content (AvgIpc) is 3.00. The van der Waals surface area contributed by atoms with Crippen LogP contribution < -0.4 is 5.32 Å². The summed E-state index contributed by atoms with van der Waals surface area (Å²) in [6.07, 6.45) is 4.90. The molecule has 8 heteroatoms. The molecular formula is C22H38FN2O4P. The van der Waals surface area contributed by atoms with Gasteiger partial charge in [0.25, 0.3) is 0 Å². The van der Waals surface area contributed by atoms with Gasteiger partial charge in [-0.2, -0.15) is 0 Å². The molecule has 0 spiro atoms. The number of ether oxygens (including phenoxy) is 1. The van der Waals surface area contributed by atoms with Crippen LogP contribution >= 0.6 is 9.24 Å². The number of aliphatic carboxylic acids is 1. The number of carboxylic acid groups (broad SMARTS) is 1. The largest absolute Gasteiger partial charge is 0.480 e. The lowest BCUT2D eigenvalue weighted by atomic mass is 9.82. The van der Waals surface area contributed by atoms with E-state index < -0.39 is 29.1 Å². The predicted octanol–water partition coefficient (Wildman–Crippen LogP) is 4.06. The molecule has 30 heavy (non-hydrogen) atoms. The molecule has 1 saturated carbocycles. The van der Waals surface area contributed by atoms with Gasteiger partial charge in [-0.25, -0.2) is 9.18 Å². The number of rotatable bonds is 7. The van der Waals surface area contributed by atoms with Crippen molar-refractivity contribution in [3.8, 4) is 0 Å². The molecule has 172 valence electrons. The molecule has 4 atom stereocenters. The van der Waals surface area contributed by atoms with Crippen LogP contribution in [0.25, 0.3) is 0 Å². The standard InChI is InChI=1S/C22H38FN2O4P/c1-6-7-17(29-21(3,4)5)24-18(15-8-10-22(23,30)11-9-15)19(26)25-13-14(2)12-16(25)20(27)28/h7,14-16,18,24H,6,8-13,30H2,1-5H3,(H,27,28)/b17-7+/t14-,15?,16?,18?,22?/m1/s1. The molecule has 1 aliphatic carbocycles. The number of allylic oxidation sites excluding steroid dienone is 1. The summed E-state index contributed by atoms with van der Waals surface area (Å²) in [4.78, 5) is 26.8. The summed E-state index contributed by atoms with van der Waals surface area (Å²) in [7, 11) is 2.29. The first-order chi connectivity index (χ1) is 13.8. The zero-order valence-electron chi connectivity index (χ0n) is 18.9. The van der Waals surface area contributed by atoms with Gasteiger partial charge in [0.15, 0.2) is 5.88 Å². The Hall–Kier alpha value is -1.36. The number of amides is 1. The van der Waals surface area contributed by atoms with E-state index in [9.17, 15) is 19.1 Å². The number of carbonyl (C=O) groups is 2. The lowest BCUT2D eigenvalue weighted by molar-refractivity contribution is -0.150. The van der Waals surface area contributed by atoms with Gasteiger partial charge in [-0.05, 0) is 77.2 Å². The summed E-state index contributed by atoms with van der Waals surface area (Å²) >= 11 is 0. The van der Waals surface area contributed by atoms with Crippen molar-refractivity contribution in [1.82, 2.24) is 10.2 Å². The molecule has 1 saturated heterocycles. The number of hydrogen-bond acceptors (Lipinski definition) is 4. The Labute approximate surface area is 182 Å². The van der Waals surface area contributed by atoms with Crippen molar-refractivity contribution in [3.05, 3.63) is 12.0 Å². The van der Waals surface area contributed by atoms with Crippen molar-refractivity contribution in [2.75, 3.05) is 6.54 Å². The van der Waals surface area contributed by atoms with E-state index in [-0.39, 0.29) is 17.7 Å². The van der Waals surface area contributed by atoms with Crippen LogP contribution in [0.1, 0.15) is 73.1 Å². The van der Waals surface area contributed by atoms with E-state index in [4.69, 9.17) is 4.74 Å². The quantitative estimate of drug-likeness (QED) is 0.457. The summed E-state index contributed by atoms with van der Waals surface area (Å²) < 4.78 is 20.4. The highest BCUT2D eigenvalue weighted by atomic mass is 31.0. The summed E-state index contributed by atoms with van der Waals surface area (Å²) in [6.45, 7) is 10.2. The van der Waals surface area contributed by atoms with Gasteiger partial charge in [-0.1, -0.05) is 23.1 Å². The maximum Gasteiger partial charge on any atom is 0.326 e. The number of halogens is 1. The molecule has 1 heterocycles. The lowest BCUT2D eigenvalue weighted by Gasteiger charge is -2.38. The number of carboxylic acids is 1. The van der Waals surface area contributed by atoms with Gasteiger partial charge in [0, 0.05) is 6.54 Å². The molecular weight excluding hydrogens is 406 g/mol. The molecule has 0 bridgehead atoms. The number of nitrogens with zero attached hydrogens (tertiary/aromatic N) is 1. The van der Waals surface area contributed by atoms with Crippen LogP contribution in [0, 0.1) is 11.8 Å². The average molecular weight is 445 g/mol. The van der Waals surface area contributed by atoms with Gasteiger partial charge >= 0.3 is 5.97 Å². The first-order valence-electron chi connectivity index (χ1n) is 11.0. The zero-order valence-corrected chi connectivity index (χ0v) is 20.1. The Morgan fingerprint density at radius 3 is 2.47 bits per heavy atom. The fraction of sp³-hybridized carbons (Fsp3) is 0.818. The van der Waals surface area contributed by atoms with Crippen molar-refractivity contribution < 1.29 is 23.8 Å². The number of likely N-dealkylation sites (tertiary alicyclic amines) is 1. The molecule has 2 N–H and O–H groups in total. The Balaban J connectivity index is 2.29. The van der Waals surface area contributed by atoms with Crippen molar-refractivity contribution >= 4 is 21.1 Å². The van der Waals surface area contributed by atoms with E-state index >= 15 is 0 Å². The minimum Gasteiger partial charge on any atom is -0.480 e. The molecule has 2 fully saturated rings. The van der Waals surface area contributed by atoms with Crippen LogP contribution in [-0.2, 0) is 14.3 Å². The number of nitrogens with one attached hydrogen (secondary N) is 1. The molecule has 2 aliphatic rings. The SMILES string of the molecule is CC/C=C(\NC(C(=O)N1C[C@H](C)CC1C(=O)O)C1CCC(F)(P)CC1)OC(C)(C)C. The first-order valence-corrected chi connectivity index (χ1v) is 11.6. The Kier molecular flexibility index (Phi) is 8.17. The fourth-order valence-electron chi connectivity index (χ4n) is 4.34. The van der Waals surface area contributed by atoms with Gasteiger partial charge in [0.1, 0.15) is 23.1 Å². The van der Waals surface area contributed by atoms with E-state index in [1.807, 2.05) is 40.7 Å². The third kappa shape index (κ3) is 6.83. The maximum atomic E-state index is 14.4. The second-order valence-corrected chi connectivity index (χ2v) is 10.9. The zero-order chi connectivity index (χ0) is 22.7. The Bertz CT molecular complexity index is 652. The number of carbonyl (C=O) groups excluding carboxylic acids is 1. The van der Waals surface area contributed by atoms with E-state index in [0.717, 1.165) is 6.42 Å². The topological polar surface area (TPSA) is 78.9 Å². The second-order valence-electron chi connectivity index (χ2n) is 9.87. The molecule has 1 aliphatic heterocycles. The molecule has 0 aromatic rings. The molecule has 0 aromatic heterocycles. The molecule has 6 nitrogen and oxygen atoms in total. The van der Waals surface area contributed by atoms with Crippen LogP contribution in [0.3, 0.4) is 0 Å². The minimum atomic E-state index is -1.29. The van der Waals surface area contributed by atoms with E-state index in [1.165, 1.54) is 4.90 Å². The first kappa shape index (κ1) is 24.9. The van der Waals surface area contributed by atoms with Gasteiger partial charge in [0.05, 0.1) is 0 Å². The predicted molar refractivity (Wildman–Crippen MR) is 119 cm³/mol.